The maximum atomic E-state index is 12.2. The van der Waals surface area contributed by atoms with Crippen molar-refractivity contribution in [3.05, 3.63) is 36.4 Å². The first-order chi connectivity index (χ1) is 9.48. The molecule has 0 bridgehead atoms. The number of fused-ring (bicyclic) bond motifs is 1. The number of hydrogen-bond donors (Lipinski definition) is 0. The lowest BCUT2D eigenvalue weighted by Gasteiger charge is -2.43. The van der Waals surface area contributed by atoms with Gasteiger partial charge in [-0.15, -0.1) is 0 Å². The second-order valence-corrected chi connectivity index (χ2v) is 4.70. The maximum Gasteiger partial charge on any atom is 0.343 e. The van der Waals surface area contributed by atoms with Crippen molar-refractivity contribution in [3.63, 3.8) is 0 Å². The molecule has 0 spiro atoms. The molecule has 0 unspecified atom stereocenters. The number of benzene rings is 1. The largest absolute Gasteiger partial charge is 0.467 e. The van der Waals surface area contributed by atoms with Crippen molar-refractivity contribution in [2.45, 2.75) is 12.0 Å². The summed E-state index contributed by atoms with van der Waals surface area (Å²) in [6.45, 7) is 3.98. The van der Waals surface area contributed by atoms with E-state index in [4.69, 9.17) is 9.47 Å². The quantitative estimate of drug-likeness (QED) is 0.606. The first kappa shape index (κ1) is 14.1. The predicted molar refractivity (Wildman–Crippen MR) is 75.3 cm³/mol. The Bertz CT molecular complexity index is 563. The Labute approximate surface area is 117 Å². The van der Waals surface area contributed by atoms with E-state index in [2.05, 4.69) is 6.58 Å². The monoisotopic (exact) mass is 275 g/mol. The van der Waals surface area contributed by atoms with Gasteiger partial charge in [-0.05, 0) is 11.6 Å². The van der Waals surface area contributed by atoms with Gasteiger partial charge in [-0.1, -0.05) is 24.8 Å². The molecule has 20 heavy (non-hydrogen) atoms. The smallest absolute Gasteiger partial charge is 0.343 e. The van der Waals surface area contributed by atoms with Crippen LogP contribution in [0.25, 0.3) is 5.57 Å². The lowest BCUT2D eigenvalue weighted by atomic mass is 9.81. The average Bonchev–Trinajstić information content (AvgIpc) is 2.49. The Morgan fingerprint density at radius 1 is 1.20 bits per heavy atom. The molecule has 5 nitrogen and oxygen atoms in total. The van der Waals surface area contributed by atoms with E-state index in [-0.39, 0.29) is 6.42 Å². The first-order valence-electron chi connectivity index (χ1n) is 6.17. The summed E-state index contributed by atoms with van der Waals surface area (Å²) in [5.74, 6) is -1.30. The molecular formula is C15H17NO4. The van der Waals surface area contributed by atoms with Gasteiger partial charge >= 0.3 is 11.9 Å². The molecule has 1 aliphatic rings. The summed E-state index contributed by atoms with van der Waals surface area (Å²) in [6.07, 6.45) is 0.139. The van der Waals surface area contributed by atoms with Crippen molar-refractivity contribution in [2.24, 2.45) is 0 Å². The van der Waals surface area contributed by atoms with Crippen molar-refractivity contribution in [1.29, 1.82) is 0 Å². The van der Waals surface area contributed by atoms with Crippen LogP contribution in [0.5, 0.6) is 0 Å². The Morgan fingerprint density at radius 2 is 1.75 bits per heavy atom. The molecule has 0 N–H and O–H groups in total. The fraction of sp³-hybridized carbons (Fsp3) is 0.333. The zero-order valence-electron chi connectivity index (χ0n) is 11.8. The predicted octanol–water partition coefficient (Wildman–Crippen LogP) is 1.62. The van der Waals surface area contributed by atoms with Gasteiger partial charge in [-0.2, -0.15) is 0 Å². The maximum absolute atomic E-state index is 12.2. The van der Waals surface area contributed by atoms with Gasteiger partial charge in [0.05, 0.1) is 14.2 Å². The third kappa shape index (κ3) is 1.78. The molecular weight excluding hydrogens is 258 g/mol. The lowest BCUT2D eigenvalue weighted by Crippen LogP contribution is -2.61. The van der Waals surface area contributed by atoms with Crippen LogP contribution in [0, 0.1) is 0 Å². The SMILES string of the molecule is C=C1CC(C(=O)OC)(C(=O)OC)N(C)c2ccccc21. The van der Waals surface area contributed by atoms with E-state index < -0.39 is 17.5 Å². The van der Waals surface area contributed by atoms with Gasteiger partial charge in [0.1, 0.15) is 0 Å². The topological polar surface area (TPSA) is 55.8 Å². The van der Waals surface area contributed by atoms with E-state index in [0.29, 0.717) is 5.57 Å². The number of carbonyl (C=O) groups is 2. The molecule has 0 fully saturated rings. The lowest BCUT2D eigenvalue weighted by molar-refractivity contribution is -0.161. The standard InChI is InChI=1S/C15H17NO4/c1-10-9-15(13(17)19-3,14(18)20-4)16(2)12-8-6-5-7-11(10)12/h5-8H,1,9H2,2-4H3. The molecule has 1 aromatic rings. The van der Waals surface area contributed by atoms with Crippen molar-refractivity contribution < 1.29 is 19.1 Å². The summed E-state index contributed by atoms with van der Waals surface area (Å²) in [5.41, 5.74) is 0.849. The second kappa shape index (κ2) is 5.00. The number of carbonyl (C=O) groups excluding carboxylic acids is 2. The Balaban J connectivity index is 2.64. The fourth-order valence-corrected chi connectivity index (χ4v) is 2.63. The third-order valence-corrected chi connectivity index (χ3v) is 3.73. The van der Waals surface area contributed by atoms with E-state index >= 15 is 0 Å². The van der Waals surface area contributed by atoms with Crippen LogP contribution in [0.2, 0.25) is 0 Å². The van der Waals surface area contributed by atoms with Crippen LogP contribution >= 0.6 is 0 Å². The molecule has 2 rings (SSSR count). The number of ether oxygens (including phenoxy) is 2. The highest BCUT2D eigenvalue weighted by atomic mass is 16.5. The molecule has 1 heterocycles. The molecule has 0 radical (unpaired) electrons. The van der Waals surface area contributed by atoms with E-state index in [1.54, 1.807) is 11.9 Å². The zero-order valence-corrected chi connectivity index (χ0v) is 11.8. The second-order valence-electron chi connectivity index (χ2n) is 4.70. The zero-order chi connectivity index (χ0) is 14.9. The number of anilines is 1. The number of methoxy groups -OCH3 is 2. The minimum absolute atomic E-state index is 0.139. The summed E-state index contributed by atoms with van der Waals surface area (Å²) in [5, 5.41) is 0. The minimum Gasteiger partial charge on any atom is -0.467 e. The number of rotatable bonds is 2. The van der Waals surface area contributed by atoms with Crippen LogP contribution in [0.3, 0.4) is 0 Å². The molecule has 106 valence electrons. The molecule has 0 saturated carbocycles. The highest BCUT2D eigenvalue weighted by Gasteiger charge is 2.55. The van der Waals surface area contributed by atoms with Crippen molar-refractivity contribution in [2.75, 3.05) is 26.2 Å². The van der Waals surface area contributed by atoms with E-state index in [1.165, 1.54) is 14.2 Å². The van der Waals surface area contributed by atoms with Crippen molar-refractivity contribution in [3.8, 4) is 0 Å². The van der Waals surface area contributed by atoms with Crippen LogP contribution in [-0.4, -0.2) is 38.7 Å². The summed E-state index contributed by atoms with van der Waals surface area (Å²) in [4.78, 5) is 26.1. The Kier molecular flexibility index (Phi) is 3.53. The third-order valence-electron chi connectivity index (χ3n) is 3.73. The highest BCUT2D eigenvalue weighted by Crippen LogP contribution is 2.42. The van der Waals surface area contributed by atoms with E-state index in [0.717, 1.165) is 11.3 Å². The van der Waals surface area contributed by atoms with Crippen LogP contribution < -0.4 is 4.90 Å². The van der Waals surface area contributed by atoms with Crippen LogP contribution in [0.1, 0.15) is 12.0 Å². The van der Waals surface area contributed by atoms with Crippen LogP contribution in [0.15, 0.2) is 30.8 Å². The normalized spacial score (nSPS) is 16.4. The number of esters is 2. The molecule has 1 aliphatic heterocycles. The van der Waals surface area contributed by atoms with Gasteiger partial charge in [0.25, 0.3) is 0 Å². The Hall–Kier alpha value is -2.30. The first-order valence-corrected chi connectivity index (χ1v) is 6.17. The van der Waals surface area contributed by atoms with Gasteiger partial charge in [-0.25, -0.2) is 9.59 Å². The fourth-order valence-electron chi connectivity index (χ4n) is 2.63. The molecule has 0 amide bonds. The number of para-hydroxylation sites is 1. The summed E-state index contributed by atoms with van der Waals surface area (Å²) >= 11 is 0. The summed E-state index contributed by atoms with van der Waals surface area (Å²) in [6, 6.07) is 7.47. The van der Waals surface area contributed by atoms with Gasteiger partial charge in [0.15, 0.2) is 0 Å². The van der Waals surface area contributed by atoms with Gasteiger partial charge < -0.3 is 14.4 Å². The van der Waals surface area contributed by atoms with Gasteiger partial charge in [-0.3, -0.25) is 0 Å². The highest BCUT2D eigenvalue weighted by molar-refractivity contribution is 6.11. The van der Waals surface area contributed by atoms with Crippen molar-refractivity contribution >= 4 is 23.2 Å². The van der Waals surface area contributed by atoms with Crippen LogP contribution in [0.4, 0.5) is 5.69 Å². The molecule has 0 aromatic heterocycles. The number of likely N-dealkylation sites (N-methyl/N-ethyl adjacent to an activating group) is 1. The number of nitrogens with zero attached hydrogens (tertiary/aromatic N) is 1. The molecule has 0 aliphatic carbocycles. The molecule has 1 aromatic carbocycles. The van der Waals surface area contributed by atoms with E-state index in [9.17, 15) is 9.59 Å². The minimum atomic E-state index is -1.52. The molecule has 0 saturated heterocycles. The number of hydrogen-bond acceptors (Lipinski definition) is 5. The Morgan fingerprint density at radius 3 is 2.30 bits per heavy atom. The van der Waals surface area contributed by atoms with Crippen molar-refractivity contribution in [1.82, 2.24) is 0 Å². The molecule has 0 atom stereocenters. The summed E-state index contributed by atoms with van der Waals surface area (Å²) in [7, 11) is 4.19. The molecule has 5 heteroatoms. The van der Waals surface area contributed by atoms with Gasteiger partial charge in [0, 0.05) is 24.7 Å². The summed E-state index contributed by atoms with van der Waals surface area (Å²) < 4.78 is 9.65. The van der Waals surface area contributed by atoms with E-state index in [1.807, 2.05) is 24.3 Å². The van der Waals surface area contributed by atoms with Gasteiger partial charge in [0.2, 0.25) is 5.54 Å². The van der Waals surface area contributed by atoms with Crippen LogP contribution in [-0.2, 0) is 19.1 Å². The average molecular weight is 275 g/mol.